The van der Waals surface area contributed by atoms with Crippen molar-refractivity contribution in [2.24, 2.45) is 0 Å². The molecule has 3 unspecified atom stereocenters. The van der Waals surface area contributed by atoms with Crippen LogP contribution in [-0.2, 0) is 20.8 Å². The molecule has 2 saturated heterocycles. The molecule has 0 spiro atoms. The predicted molar refractivity (Wildman–Crippen MR) is 111 cm³/mol. The zero-order valence-electron chi connectivity index (χ0n) is 15.8. The van der Waals surface area contributed by atoms with E-state index in [-0.39, 0.29) is 42.9 Å². The molecule has 0 saturated carbocycles. The Morgan fingerprint density at radius 1 is 1.26 bits per heavy atom. The van der Waals surface area contributed by atoms with E-state index < -0.39 is 6.10 Å². The van der Waals surface area contributed by atoms with E-state index in [1.54, 1.807) is 0 Å². The number of ether oxygens (including phenoxy) is 2. The Kier molecular flexibility index (Phi) is 11.2. The first kappa shape index (κ1) is 24.1. The fourth-order valence-electron chi connectivity index (χ4n) is 3.43. The zero-order chi connectivity index (χ0) is 17.5. The summed E-state index contributed by atoms with van der Waals surface area (Å²) >= 11 is 0. The lowest BCUT2D eigenvalue weighted by Crippen LogP contribution is -2.56. The Morgan fingerprint density at radius 3 is 2.70 bits per heavy atom. The summed E-state index contributed by atoms with van der Waals surface area (Å²) in [5.74, 6) is -0.0390. The van der Waals surface area contributed by atoms with Crippen molar-refractivity contribution in [3.05, 3.63) is 35.9 Å². The molecular formula is C19H31Cl2N3O3. The monoisotopic (exact) mass is 419 g/mol. The van der Waals surface area contributed by atoms with Crippen LogP contribution in [0.5, 0.6) is 0 Å². The molecule has 2 aliphatic rings. The first-order valence-electron chi connectivity index (χ1n) is 9.27. The standard InChI is InChI=1S/C19H29N3O3.2ClH/c1-2-16(21-19(23)17-12-20-8-10-24-17)18-14-22(9-11-25-18)13-15-6-4-3-5-7-15;;/h3-7,16-18,20H,2,8-14H2,1H3,(H,21,23);2*1H. The van der Waals surface area contributed by atoms with Crippen LogP contribution in [0.25, 0.3) is 0 Å². The van der Waals surface area contributed by atoms with Crippen LogP contribution < -0.4 is 10.6 Å². The maximum atomic E-state index is 12.4. The lowest BCUT2D eigenvalue weighted by molar-refractivity contribution is -0.137. The highest BCUT2D eigenvalue weighted by Gasteiger charge is 2.31. The number of hydrogen-bond donors (Lipinski definition) is 2. The Balaban J connectivity index is 0.00000182. The quantitative estimate of drug-likeness (QED) is 0.733. The van der Waals surface area contributed by atoms with Gasteiger partial charge in [0, 0.05) is 32.7 Å². The number of morpholine rings is 2. The largest absolute Gasteiger partial charge is 0.373 e. The van der Waals surface area contributed by atoms with Gasteiger partial charge in [-0.1, -0.05) is 37.3 Å². The van der Waals surface area contributed by atoms with Crippen molar-refractivity contribution in [1.29, 1.82) is 0 Å². The van der Waals surface area contributed by atoms with Crippen molar-refractivity contribution in [3.8, 4) is 0 Å². The SMILES string of the molecule is CCC(NC(=O)C1CNCCO1)C1CN(Cc2ccccc2)CCO1.Cl.Cl. The summed E-state index contributed by atoms with van der Waals surface area (Å²) in [7, 11) is 0. The van der Waals surface area contributed by atoms with E-state index in [1.165, 1.54) is 5.56 Å². The van der Waals surface area contributed by atoms with Crippen molar-refractivity contribution in [2.45, 2.75) is 38.1 Å². The molecule has 8 heteroatoms. The fourth-order valence-corrected chi connectivity index (χ4v) is 3.43. The minimum absolute atomic E-state index is 0. The van der Waals surface area contributed by atoms with Crippen LogP contribution in [0.3, 0.4) is 0 Å². The van der Waals surface area contributed by atoms with Gasteiger partial charge in [-0.2, -0.15) is 0 Å². The summed E-state index contributed by atoms with van der Waals surface area (Å²) in [6, 6.07) is 10.5. The first-order chi connectivity index (χ1) is 12.3. The third kappa shape index (κ3) is 7.22. The summed E-state index contributed by atoms with van der Waals surface area (Å²) in [6.07, 6.45) is 0.463. The third-order valence-corrected chi connectivity index (χ3v) is 4.86. The van der Waals surface area contributed by atoms with E-state index in [0.717, 1.165) is 32.6 Å². The molecule has 1 aromatic rings. The van der Waals surface area contributed by atoms with E-state index in [9.17, 15) is 4.79 Å². The number of carbonyl (C=O) groups is 1. The molecule has 0 radical (unpaired) electrons. The number of nitrogens with one attached hydrogen (secondary N) is 2. The molecule has 0 bridgehead atoms. The van der Waals surface area contributed by atoms with E-state index >= 15 is 0 Å². The maximum Gasteiger partial charge on any atom is 0.250 e. The van der Waals surface area contributed by atoms with Crippen molar-refractivity contribution in [2.75, 3.05) is 39.4 Å². The van der Waals surface area contributed by atoms with Gasteiger partial charge < -0.3 is 20.1 Å². The second kappa shape index (κ2) is 12.5. The third-order valence-electron chi connectivity index (χ3n) is 4.86. The number of nitrogens with zero attached hydrogens (tertiary/aromatic N) is 1. The smallest absolute Gasteiger partial charge is 0.250 e. The molecule has 0 aliphatic carbocycles. The zero-order valence-corrected chi connectivity index (χ0v) is 17.4. The predicted octanol–water partition coefficient (Wildman–Crippen LogP) is 1.61. The lowest BCUT2D eigenvalue weighted by atomic mass is 10.1. The number of halogens is 2. The first-order valence-corrected chi connectivity index (χ1v) is 9.27. The molecule has 3 rings (SSSR count). The fraction of sp³-hybridized carbons (Fsp3) is 0.632. The Labute approximate surface area is 174 Å². The van der Waals surface area contributed by atoms with Gasteiger partial charge >= 0.3 is 0 Å². The lowest BCUT2D eigenvalue weighted by Gasteiger charge is -2.37. The van der Waals surface area contributed by atoms with Gasteiger partial charge in [0.15, 0.2) is 0 Å². The molecular weight excluding hydrogens is 389 g/mol. The van der Waals surface area contributed by atoms with Gasteiger partial charge in [-0.3, -0.25) is 9.69 Å². The van der Waals surface area contributed by atoms with E-state index in [1.807, 2.05) is 6.07 Å². The minimum Gasteiger partial charge on any atom is -0.373 e. The summed E-state index contributed by atoms with van der Waals surface area (Å²) < 4.78 is 11.5. The highest BCUT2D eigenvalue weighted by atomic mass is 35.5. The van der Waals surface area contributed by atoms with Crippen LogP contribution in [0.1, 0.15) is 18.9 Å². The molecule has 2 N–H and O–H groups in total. The number of rotatable bonds is 6. The van der Waals surface area contributed by atoms with Crippen molar-refractivity contribution >= 4 is 30.7 Å². The van der Waals surface area contributed by atoms with E-state index in [0.29, 0.717) is 19.8 Å². The summed E-state index contributed by atoms with van der Waals surface area (Å²) in [5, 5.41) is 6.33. The van der Waals surface area contributed by atoms with Crippen LogP contribution >= 0.6 is 24.8 Å². The van der Waals surface area contributed by atoms with Gasteiger partial charge in [0.1, 0.15) is 6.10 Å². The van der Waals surface area contributed by atoms with E-state index in [4.69, 9.17) is 9.47 Å². The Bertz CT molecular complexity index is 544. The minimum atomic E-state index is -0.396. The molecule has 27 heavy (non-hydrogen) atoms. The topological polar surface area (TPSA) is 62.8 Å². The molecule has 2 heterocycles. The van der Waals surface area contributed by atoms with Crippen molar-refractivity contribution in [1.82, 2.24) is 15.5 Å². The molecule has 1 amide bonds. The summed E-state index contributed by atoms with van der Waals surface area (Å²) in [5.41, 5.74) is 1.31. The van der Waals surface area contributed by atoms with E-state index in [2.05, 4.69) is 46.7 Å². The van der Waals surface area contributed by atoms with Crippen LogP contribution in [0.4, 0.5) is 0 Å². The average molecular weight is 420 g/mol. The van der Waals surface area contributed by atoms with Gasteiger partial charge in [0.2, 0.25) is 0 Å². The van der Waals surface area contributed by atoms with Crippen molar-refractivity contribution < 1.29 is 14.3 Å². The van der Waals surface area contributed by atoms with Gasteiger partial charge in [-0.05, 0) is 12.0 Å². The second-order valence-electron chi connectivity index (χ2n) is 6.72. The molecule has 2 aliphatic heterocycles. The molecule has 3 atom stereocenters. The second-order valence-corrected chi connectivity index (χ2v) is 6.72. The van der Waals surface area contributed by atoms with Gasteiger partial charge in [-0.25, -0.2) is 0 Å². The van der Waals surface area contributed by atoms with Crippen LogP contribution in [0.2, 0.25) is 0 Å². The van der Waals surface area contributed by atoms with Crippen LogP contribution in [0.15, 0.2) is 30.3 Å². The highest BCUT2D eigenvalue weighted by molar-refractivity contribution is 5.85. The molecule has 1 aromatic carbocycles. The van der Waals surface area contributed by atoms with Gasteiger partial charge in [0.05, 0.1) is 25.4 Å². The van der Waals surface area contributed by atoms with Gasteiger partial charge in [-0.15, -0.1) is 24.8 Å². The number of benzene rings is 1. The van der Waals surface area contributed by atoms with Crippen molar-refractivity contribution in [3.63, 3.8) is 0 Å². The molecule has 0 aromatic heterocycles. The maximum absolute atomic E-state index is 12.4. The highest BCUT2D eigenvalue weighted by Crippen LogP contribution is 2.15. The number of carbonyl (C=O) groups excluding carboxylic acids is 1. The number of hydrogen-bond acceptors (Lipinski definition) is 5. The van der Waals surface area contributed by atoms with Crippen LogP contribution in [0, 0.1) is 0 Å². The number of amides is 1. The van der Waals surface area contributed by atoms with Crippen LogP contribution in [-0.4, -0.2) is 68.4 Å². The Morgan fingerprint density at radius 2 is 2.04 bits per heavy atom. The molecule has 2 fully saturated rings. The van der Waals surface area contributed by atoms with Gasteiger partial charge in [0.25, 0.3) is 5.91 Å². The summed E-state index contributed by atoms with van der Waals surface area (Å²) in [6.45, 7) is 7.42. The average Bonchev–Trinajstić information content (AvgIpc) is 2.67. The molecule has 6 nitrogen and oxygen atoms in total. The summed E-state index contributed by atoms with van der Waals surface area (Å²) in [4.78, 5) is 14.8. The normalized spacial score (nSPS) is 24.2. The Hall–Kier alpha value is -0.890. The molecule has 154 valence electrons.